The summed E-state index contributed by atoms with van der Waals surface area (Å²) in [5, 5.41) is 5.62. The molecule has 1 saturated heterocycles. The molecule has 1 fully saturated rings. The predicted molar refractivity (Wildman–Crippen MR) is 143 cm³/mol. The van der Waals surface area contributed by atoms with Gasteiger partial charge in [0.15, 0.2) is 12.1 Å². The third kappa shape index (κ3) is 5.80. The molecule has 3 amide bonds. The van der Waals surface area contributed by atoms with Crippen LogP contribution in [0.5, 0.6) is 5.75 Å². The van der Waals surface area contributed by atoms with Crippen LogP contribution in [0, 0.1) is 5.82 Å². The minimum absolute atomic E-state index is 0.0432. The first kappa shape index (κ1) is 26.5. The molecule has 1 aromatic heterocycles. The number of hydrogen-bond acceptors (Lipinski definition) is 6. The van der Waals surface area contributed by atoms with Crippen molar-refractivity contribution in [1.82, 2.24) is 10.2 Å². The molecule has 2 heterocycles. The van der Waals surface area contributed by atoms with E-state index in [1.165, 1.54) is 30.4 Å². The molecule has 4 aromatic rings. The number of para-hydroxylation sites is 1. The monoisotopic (exact) mass is 543 g/mol. The number of anilines is 1. The van der Waals surface area contributed by atoms with Gasteiger partial charge in [-0.1, -0.05) is 36.4 Å². The molecular formula is C30H26FN3O6. The lowest BCUT2D eigenvalue weighted by molar-refractivity contribution is -0.126. The smallest absolute Gasteiger partial charge is 0.411 e. The summed E-state index contributed by atoms with van der Waals surface area (Å²) >= 11 is 0. The van der Waals surface area contributed by atoms with Gasteiger partial charge in [-0.05, 0) is 59.7 Å². The zero-order chi connectivity index (χ0) is 28.1. The highest BCUT2D eigenvalue weighted by atomic mass is 19.1. The number of furan rings is 1. The second kappa shape index (κ2) is 11.7. The molecule has 10 heteroatoms. The molecule has 1 aliphatic rings. The molecule has 1 aliphatic heterocycles. The highest BCUT2D eigenvalue weighted by Crippen LogP contribution is 2.35. The minimum atomic E-state index is -1.01. The third-order valence-electron chi connectivity index (χ3n) is 6.49. The van der Waals surface area contributed by atoms with Crippen LogP contribution >= 0.6 is 0 Å². The summed E-state index contributed by atoms with van der Waals surface area (Å²) in [6.45, 7) is 0.170. The van der Waals surface area contributed by atoms with E-state index in [1.807, 2.05) is 0 Å². The lowest BCUT2D eigenvalue weighted by Gasteiger charge is -2.24. The topological polar surface area (TPSA) is 110 Å². The Kier molecular flexibility index (Phi) is 7.77. The number of cyclic esters (lactones) is 1. The van der Waals surface area contributed by atoms with Crippen LogP contribution in [0.15, 0.2) is 95.6 Å². The number of hydrogen-bond donors (Lipinski definition) is 2. The molecule has 0 saturated carbocycles. The van der Waals surface area contributed by atoms with Gasteiger partial charge in [0, 0.05) is 5.69 Å². The maximum absolute atomic E-state index is 13.4. The van der Waals surface area contributed by atoms with Gasteiger partial charge in [0.2, 0.25) is 5.91 Å². The van der Waals surface area contributed by atoms with Crippen LogP contribution in [0.25, 0.3) is 0 Å². The summed E-state index contributed by atoms with van der Waals surface area (Å²) < 4.78 is 29.7. The van der Waals surface area contributed by atoms with E-state index < -0.39 is 30.0 Å². The van der Waals surface area contributed by atoms with Gasteiger partial charge in [-0.2, -0.15) is 0 Å². The Morgan fingerprint density at radius 2 is 1.73 bits per heavy atom. The molecule has 0 spiro atoms. The van der Waals surface area contributed by atoms with Gasteiger partial charge in [-0.15, -0.1) is 0 Å². The Morgan fingerprint density at radius 1 is 0.975 bits per heavy atom. The standard InChI is InChI=1S/C30H26FN3O6/c1-38-25-7-3-2-6-24(25)28(35)33-22-14-10-20(11-15-22)27-26(29(36)32-17-23-5-4-16-39-23)34(30(37)40-27)18-19-8-12-21(31)13-9-19/h2-16,26-27H,17-18H2,1H3,(H,32,36)(H,33,35)/t26-,27+/m0/s1. The van der Waals surface area contributed by atoms with Gasteiger partial charge in [0.25, 0.3) is 5.91 Å². The van der Waals surface area contributed by atoms with Crippen molar-refractivity contribution in [3.63, 3.8) is 0 Å². The first-order chi connectivity index (χ1) is 19.4. The quantitative estimate of drug-likeness (QED) is 0.306. The van der Waals surface area contributed by atoms with E-state index in [-0.39, 0.29) is 19.0 Å². The summed E-state index contributed by atoms with van der Waals surface area (Å²) in [7, 11) is 1.49. The van der Waals surface area contributed by atoms with Crippen molar-refractivity contribution >= 4 is 23.6 Å². The highest BCUT2D eigenvalue weighted by Gasteiger charge is 2.47. The van der Waals surface area contributed by atoms with Crippen molar-refractivity contribution in [3.05, 3.63) is 119 Å². The average Bonchev–Trinajstić information content (AvgIpc) is 3.61. The molecule has 9 nitrogen and oxygen atoms in total. The molecule has 0 aliphatic carbocycles. The number of benzene rings is 3. The van der Waals surface area contributed by atoms with E-state index in [0.717, 1.165) is 0 Å². The molecule has 0 radical (unpaired) electrons. The molecule has 0 bridgehead atoms. The Hall–Kier alpha value is -5.12. The van der Waals surface area contributed by atoms with E-state index in [9.17, 15) is 18.8 Å². The van der Waals surface area contributed by atoms with Gasteiger partial charge in [0.1, 0.15) is 17.3 Å². The van der Waals surface area contributed by atoms with Crippen LogP contribution in [-0.2, 0) is 22.6 Å². The first-order valence-corrected chi connectivity index (χ1v) is 12.5. The summed E-state index contributed by atoms with van der Waals surface area (Å²) in [6.07, 6.45) is -0.105. The van der Waals surface area contributed by atoms with Crippen LogP contribution in [0.2, 0.25) is 0 Å². The Morgan fingerprint density at radius 3 is 2.42 bits per heavy atom. The largest absolute Gasteiger partial charge is 0.496 e. The first-order valence-electron chi connectivity index (χ1n) is 12.5. The second-order valence-corrected chi connectivity index (χ2v) is 9.08. The number of rotatable bonds is 9. The predicted octanol–water partition coefficient (Wildman–Crippen LogP) is 5.06. The zero-order valence-electron chi connectivity index (χ0n) is 21.5. The maximum Gasteiger partial charge on any atom is 0.411 e. The number of methoxy groups -OCH3 is 1. The fourth-order valence-electron chi connectivity index (χ4n) is 4.48. The lowest BCUT2D eigenvalue weighted by Crippen LogP contribution is -2.46. The van der Waals surface area contributed by atoms with Gasteiger partial charge in [-0.25, -0.2) is 9.18 Å². The summed E-state index contributed by atoms with van der Waals surface area (Å²) in [5.41, 5.74) is 2.08. The molecule has 40 heavy (non-hydrogen) atoms. The fourth-order valence-corrected chi connectivity index (χ4v) is 4.48. The van der Waals surface area contributed by atoms with E-state index >= 15 is 0 Å². The van der Waals surface area contributed by atoms with Crippen molar-refractivity contribution in [2.24, 2.45) is 0 Å². The van der Waals surface area contributed by atoms with Crippen molar-refractivity contribution in [2.75, 3.05) is 12.4 Å². The molecular weight excluding hydrogens is 517 g/mol. The van der Waals surface area contributed by atoms with Crippen molar-refractivity contribution in [1.29, 1.82) is 0 Å². The third-order valence-corrected chi connectivity index (χ3v) is 6.49. The number of nitrogens with zero attached hydrogens (tertiary/aromatic N) is 1. The van der Waals surface area contributed by atoms with E-state index in [1.54, 1.807) is 72.8 Å². The number of amides is 3. The Bertz CT molecular complexity index is 1490. The SMILES string of the molecule is COc1ccccc1C(=O)Nc1ccc([C@H]2OC(=O)N(Cc3ccc(F)cc3)[C@@H]2C(=O)NCc2ccco2)cc1. The zero-order valence-corrected chi connectivity index (χ0v) is 21.5. The number of halogens is 1. The molecule has 2 atom stereocenters. The summed E-state index contributed by atoms with van der Waals surface area (Å²) in [5.74, 6) is -0.202. The summed E-state index contributed by atoms with van der Waals surface area (Å²) in [6, 6.07) is 21.7. The van der Waals surface area contributed by atoms with E-state index in [4.69, 9.17) is 13.9 Å². The highest BCUT2D eigenvalue weighted by molar-refractivity contribution is 6.06. The molecule has 2 N–H and O–H groups in total. The number of ether oxygens (including phenoxy) is 2. The fraction of sp³-hybridized carbons (Fsp3) is 0.167. The summed E-state index contributed by atoms with van der Waals surface area (Å²) in [4.78, 5) is 40.5. The van der Waals surface area contributed by atoms with Crippen molar-refractivity contribution in [3.8, 4) is 5.75 Å². The van der Waals surface area contributed by atoms with Gasteiger partial charge in [0.05, 0.1) is 32.0 Å². The second-order valence-electron chi connectivity index (χ2n) is 9.08. The van der Waals surface area contributed by atoms with Crippen LogP contribution in [0.1, 0.15) is 33.3 Å². The minimum Gasteiger partial charge on any atom is -0.496 e. The van der Waals surface area contributed by atoms with Gasteiger partial charge >= 0.3 is 6.09 Å². The lowest BCUT2D eigenvalue weighted by atomic mass is 10.00. The number of carbonyl (C=O) groups is 3. The normalized spacial score (nSPS) is 16.4. The van der Waals surface area contributed by atoms with Gasteiger partial charge in [-0.3, -0.25) is 14.5 Å². The molecule has 5 rings (SSSR count). The van der Waals surface area contributed by atoms with Crippen molar-refractivity contribution in [2.45, 2.75) is 25.2 Å². The van der Waals surface area contributed by atoms with E-state index in [2.05, 4.69) is 10.6 Å². The van der Waals surface area contributed by atoms with Gasteiger partial charge < -0.3 is 24.5 Å². The van der Waals surface area contributed by atoms with E-state index in [0.29, 0.717) is 33.9 Å². The molecule has 3 aromatic carbocycles. The van der Waals surface area contributed by atoms with Crippen molar-refractivity contribution < 1.29 is 32.7 Å². The van der Waals surface area contributed by atoms with Crippen LogP contribution < -0.4 is 15.4 Å². The van der Waals surface area contributed by atoms with Crippen LogP contribution in [-0.4, -0.2) is 36.0 Å². The maximum atomic E-state index is 13.4. The van der Waals surface area contributed by atoms with Crippen LogP contribution in [0.4, 0.5) is 14.9 Å². The molecule has 0 unspecified atom stereocenters. The Labute approximate surface area is 229 Å². The average molecular weight is 544 g/mol. The Balaban J connectivity index is 1.36. The van der Waals surface area contributed by atoms with Crippen LogP contribution in [0.3, 0.4) is 0 Å². The molecule has 204 valence electrons. The number of carbonyl (C=O) groups excluding carboxylic acids is 3. The number of nitrogens with one attached hydrogen (secondary N) is 2.